The predicted octanol–water partition coefficient (Wildman–Crippen LogP) is 15.0. The van der Waals surface area contributed by atoms with Crippen LogP contribution in [0.25, 0.3) is 0 Å². The Morgan fingerprint density at radius 1 is 0.143 bits per heavy atom. The summed E-state index contributed by atoms with van der Waals surface area (Å²) in [5.74, 6) is 0. The maximum atomic E-state index is 4.40. The Labute approximate surface area is 452 Å². The molecule has 0 aromatic rings. The second-order valence-electron chi connectivity index (χ2n) is 30.5. The lowest BCUT2D eigenvalue weighted by molar-refractivity contribution is 1.17. The maximum absolute atomic E-state index is 4.40. The Bertz CT molecular complexity index is 2010. The Morgan fingerprint density at radius 3 is 0.371 bits per heavy atom. The topological polar surface area (TPSA) is 0 Å². The molecule has 0 saturated carbocycles. The van der Waals surface area contributed by atoms with Gasteiger partial charge in [0, 0.05) is 0 Å². The van der Waals surface area contributed by atoms with Crippen LogP contribution in [0.3, 0.4) is 0 Å². The Hall–Kier alpha value is -1.36. The van der Waals surface area contributed by atoms with Crippen molar-refractivity contribution in [1.82, 2.24) is 0 Å². The zero-order chi connectivity index (χ0) is 55.4. The SMILES string of the molecule is C[Si](C)(C)C#C[Si](C#C[Si](C)(C)C)(C#C[Si](C)(C)C)CC[Si](C#C[Si](C)(C)C)(CC[Si](C#C[Si](C)(C)C)(C#C[Si](C)(C)C)C#C[Si](C)(C)C)CC[Si](C#C[Si](C)(C)C)(C#C[Si](C)(C)C)C#C[Si](C)(C)C. The van der Waals surface area contributed by atoms with E-state index in [0.29, 0.717) is 0 Å². The van der Waals surface area contributed by atoms with E-state index in [2.05, 4.69) is 307 Å². The van der Waals surface area contributed by atoms with E-state index < -0.39 is 113 Å². The number of rotatable bonds is 9. The van der Waals surface area contributed by atoms with Crippen molar-refractivity contribution in [3.8, 4) is 111 Å². The highest BCUT2D eigenvalue weighted by Crippen LogP contribution is 2.35. The molecule has 0 aromatic carbocycles. The lowest BCUT2D eigenvalue weighted by Crippen LogP contribution is -2.45. The van der Waals surface area contributed by atoms with Gasteiger partial charge in [0.25, 0.3) is 24.2 Å². The van der Waals surface area contributed by atoms with Crippen molar-refractivity contribution in [1.29, 1.82) is 0 Å². The van der Waals surface area contributed by atoms with Gasteiger partial charge in [0.05, 0.1) is 0 Å². The largest absolute Gasteiger partial charge is 0.288 e. The summed E-state index contributed by atoms with van der Waals surface area (Å²) in [6.45, 7) is 71.4. The molecule has 0 saturated heterocycles. The smallest absolute Gasteiger partial charge is 0.139 e. The first kappa shape index (κ1) is 68.6. The van der Waals surface area contributed by atoms with Crippen molar-refractivity contribution >= 4 is 113 Å². The highest BCUT2D eigenvalue weighted by atomic mass is 28.4. The summed E-state index contributed by atoms with van der Waals surface area (Å²) in [4.78, 5) is 0. The Kier molecular flexibility index (Phi) is 25.0. The predicted molar refractivity (Wildman–Crippen MR) is 363 cm³/mol. The Balaban J connectivity index is 9.65. The molecular weight excluding hydrogens is 1070 g/mol. The quantitative estimate of drug-likeness (QED) is 0.159. The van der Waals surface area contributed by atoms with Crippen molar-refractivity contribution in [2.45, 2.75) is 233 Å². The highest BCUT2D eigenvalue weighted by Gasteiger charge is 2.44. The third-order valence-corrected chi connectivity index (χ3v) is 34.5. The fourth-order valence-corrected chi connectivity index (χ4v) is 42.5. The van der Waals surface area contributed by atoms with Gasteiger partial charge >= 0.3 is 0 Å². The summed E-state index contributed by atoms with van der Waals surface area (Å²) < 4.78 is 0. The first-order valence-corrected chi connectivity index (χ1v) is 70.4. The summed E-state index contributed by atoms with van der Waals surface area (Å²) in [6, 6.07) is 5.83. The first-order chi connectivity index (χ1) is 30.7. The molecule has 0 aliphatic heterocycles. The summed E-state index contributed by atoms with van der Waals surface area (Å²) >= 11 is 0. The van der Waals surface area contributed by atoms with Gasteiger partial charge in [-0.25, -0.2) is 0 Å². The minimum Gasteiger partial charge on any atom is -0.139 e. The van der Waals surface area contributed by atoms with Gasteiger partial charge in [-0.05, 0) is 36.3 Å². The van der Waals surface area contributed by atoms with Crippen LogP contribution in [-0.2, 0) is 0 Å². The maximum Gasteiger partial charge on any atom is 0.288 e. The van der Waals surface area contributed by atoms with Gasteiger partial charge in [-0.15, -0.1) is 111 Å². The minimum atomic E-state index is -2.81. The van der Waals surface area contributed by atoms with Crippen LogP contribution in [0.5, 0.6) is 0 Å². The fraction of sp³-hybridized carbons (Fsp3) is 0.643. The molecule has 70 heavy (non-hydrogen) atoms. The monoisotopic (exact) mass is 1170 g/mol. The van der Waals surface area contributed by atoms with E-state index in [-0.39, 0.29) is 0 Å². The van der Waals surface area contributed by atoms with Crippen LogP contribution in [0.2, 0.25) is 233 Å². The van der Waals surface area contributed by atoms with Crippen molar-refractivity contribution in [3.63, 3.8) is 0 Å². The molecule has 0 fully saturated rings. The molecule has 14 heteroatoms. The van der Waals surface area contributed by atoms with Gasteiger partial charge in [0.2, 0.25) is 0 Å². The van der Waals surface area contributed by atoms with Gasteiger partial charge in [-0.3, -0.25) is 0 Å². The molecule has 0 aromatic heterocycles. The first-order valence-electron chi connectivity index (χ1n) is 26.1. The average Bonchev–Trinajstić information content (AvgIpc) is 3.11. The molecule has 0 unspecified atom stereocenters. The molecule has 0 radical (unpaired) electrons. The fourth-order valence-electron chi connectivity index (χ4n) is 5.65. The molecule has 0 heterocycles. The van der Waals surface area contributed by atoms with Crippen LogP contribution in [0.15, 0.2) is 0 Å². The van der Waals surface area contributed by atoms with Crippen molar-refractivity contribution in [3.05, 3.63) is 0 Å². The second kappa shape index (κ2) is 25.4. The molecular formula is C56H102Si14. The molecule has 0 amide bonds. The Morgan fingerprint density at radius 2 is 0.257 bits per heavy atom. The highest BCUT2D eigenvalue weighted by molar-refractivity contribution is 7.08. The van der Waals surface area contributed by atoms with Crippen LogP contribution in [0.1, 0.15) is 0 Å². The van der Waals surface area contributed by atoms with Gasteiger partial charge in [-0.2, -0.15) is 0 Å². The number of hydrogen-bond donors (Lipinski definition) is 0. The second-order valence-corrected chi connectivity index (χ2v) is 91.5. The zero-order valence-electron chi connectivity index (χ0n) is 51.2. The van der Waals surface area contributed by atoms with Gasteiger partial charge in [-0.1, -0.05) is 196 Å². The average molecular weight is 1170 g/mol. The summed E-state index contributed by atoms with van der Waals surface area (Å²) in [6.07, 6.45) is 0. The number of hydrogen-bond acceptors (Lipinski definition) is 0. The standard InChI is InChI=1S/C56H102Si14/c1-57(2,3)31-41-67(42-32-58(4,5)6,43-33-59(7,8)9)51-54-70(50-40-66(28,29)30,55-52-68(44-34-60(10,11)12,45-35-61(13,14)15)46-36-62(16,17)18)56-53-69(47-37-63(19,20)21,48-38-64(22,23)24)49-39-65(25,26)27/h51-56H2,1-30H3. The van der Waals surface area contributed by atoms with E-state index in [1.807, 2.05) is 0 Å². The van der Waals surface area contributed by atoms with Crippen LogP contribution in [-0.4, -0.2) is 113 Å². The molecule has 0 nitrogen and oxygen atoms in total. The molecule has 0 rings (SSSR count). The van der Waals surface area contributed by atoms with E-state index in [0.717, 1.165) is 36.3 Å². The summed E-state index contributed by atoms with van der Waals surface area (Å²) in [5.41, 5.74) is 80.4. The molecule has 0 spiro atoms. The normalized spacial score (nSPS) is 13.1. The van der Waals surface area contributed by atoms with E-state index in [9.17, 15) is 0 Å². The van der Waals surface area contributed by atoms with Crippen molar-refractivity contribution < 1.29 is 0 Å². The molecule has 0 aliphatic rings. The van der Waals surface area contributed by atoms with Gasteiger partial charge in [0.15, 0.2) is 0 Å². The van der Waals surface area contributed by atoms with Gasteiger partial charge in [0.1, 0.15) is 88.8 Å². The van der Waals surface area contributed by atoms with Crippen LogP contribution in [0.4, 0.5) is 0 Å². The van der Waals surface area contributed by atoms with Crippen LogP contribution < -0.4 is 0 Å². The van der Waals surface area contributed by atoms with Gasteiger partial charge < -0.3 is 0 Å². The summed E-state index contributed by atoms with van der Waals surface area (Å²) in [7, 11) is -28.9. The van der Waals surface area contributed by atoms with Crippen molar-refractivity contribution in [2.75, 3.05) is 0 Å². The lowest BCUT2D eigenvalue weighted by atomic mass is 10.9. The minimum absolute atomic E-state index is 0.929. The third kappa shape index (κ3) is 35.7. The zero-order valence-corrected chi connectivity index (χ0v) is 65.2. The molecule has 0 aliphatic carbocycles. The van der Waals surface area contributed by atoms with E-state index >= 15 is 0 Å². The molecule has 382 valence electrons. The van der Waals surface area contributed by atoms with Crippen LogP contribution >= 0.6 is 0 Å². The van der Waals surface area contributed by atoms with E-state index in [4.69, 9.17) is 0 Å². The van der Waals surface area contributed by atoms with Crippen LogP contribution in [0, 0.1) is 111 Å². The molecule has 0 bridgehead atoms. The van der Waals surface area contributed by atoms with E-state index in [1.54, 1.807) is 0 Å². The molecule has 0 atom stereocenters. The molecule has 0 N–H and O–H groups in total. The van der Waals surface area contributed by atoms with E-state index in [1.165, 1.54) is 0 Å². The third-order valence-electron chi connectivity index (χ3n) is 9.50. The van der Waals surface area contributed by atoms with Crippen molar-refractivity contribution in [2.24, 2.45) is 0 Å². The lowest BCUT2D eigenvalue weighted by Gasteiger charge is -2.32. The summed E-state index contributed by atoms with van der Waals surface area (Å²) in [5, 5.41) is 0.